The molecule has 0 bridgehead atoms. The van der Waals surface area contributed by atoms with Crippen LogP contribution >= 0.6 is 0 Å². The predicted molar refractivity (Wildman–Crippen MR) is 93.8 cm³/mol. The minimum atomic E-state index is -2.92. The van der Waals surface area contributed by atoms with Gasteiger partial charge in [0.2, 0.25) is 0 Å². The number of ether oxygens (including phenoxy) is 1. The van der Waals surface area contributed by atoms with Crippen LogP contribution in [-0.2, 0) is 0 Å². The van der Waals surface area contributed by atoms with Gasteiger partial charge in [0.25, 0.3) is 0 Å². The Balaban J connectivity index is 1.95. The van der Waals surface area contributed by atoms with E-state index in [0.29, 0.717) is 34.3 Å². The van der Waals surface area contributed by atoms with Gasteiger partial charge < -0.3 is 15.8 Å². The number of hydrogen-bond acceptors (Lipinski definition) is 5. The highest BCUT2D eigenvalue weighted by Crippen LogP contribution is 2.28. The first-order valence-electron chi connectivity index (χ1n) is 8.18. The van der Waals surface area contributed by atoms with E-state index >= 15 is 0 Å². The van der Waals surface area contributed by atoms with Crippen molar-refractivity contribution in [3.63, 3.8) is 0 Å². The molecule has 1 aromatic heterocycles. The quantitative estimate of drug-likeness (QED) is 0.675. The topological polar surface area (TPSA) is 73.1 Å². The van der Waals surface area contributed by atoms with E-state index in [1.54, 1.807) is 31.2 Å². The highest BCUT2D eigenvalue weighted by molar-refractivity contribution is 5.89. The number of para-hydroxylation sites is 1. The molecular weight excluding hydrogens is 326 g/mol. The normalized spacial score (nSPS) is 12.9. The molecule has 2 aromatic carbocycles. The van der Waals surface area contributed by atoms with Crippen molar-refractivity contribution in [3.05, 3.63) is 53.8 Å². The van der Waals surface area contributed by atoms with Gasteiger partial charge in [-0.05, 0) is 43.7 Å². The van der Waals surface area contributed by atoms with E-state index in [1.165, 1.54) is 12.1 Å². The highest BCUT2D eigenvalue weighted by Gasteiger charge is 2.13. The van der Waals surface area contributed by atoms with Gasteiger partial charge in [0, 0.05) is 17.1 Å². The Hall–Kier alpha value is -2.96. The van der Waals surface area contributed by atoms with Gasteiger partial charge in [-0.3, -0.25) is 0 Å². The molecule has 0 radical (unpaired) electrons. The van der Waals surface area contributed by atoms with Gasteiger partial charge in [0.1, 0.15) is 17.4 Å². The molecular formula is C18H18F2N4O. The van der Waals surface area contributed by atoms with Crippen molar-refractivity contribution in [1.29, 1.82) is 0 Å². The first-order chi connectivity index (χ1) is 12.3. The lowest BCUT2D eigenvalue weighted by Crippen LogP contribution is -2.11. The fourth-order valence-electron chi connectivity index (χ4n) is 2.60. The molecule has 0 amide bonds. The summed E-state index contributed by atoms with van der Waals surface area (Å²) in [5, 5.41) is 3.95. The SMILES string of the molecule is [2H]c1ccc2nc(C)nc(NC(C)c3cc(N)cc(OC(F)F)c3)c2c1. The Kier molecular flexibility index (Phi) is 4.28. The fraction of sp³-hybridized carbons (Fsp3) is 0.222. The number of fused-ring (bicyclic) bond motifs is 1. The molecule has 0 saturated carbocycles. The molecule has 0 saturated heterocycles. The van der Waals surface area contributed by atoms with Crippen molar-refractivity contribution in [3.8, 4) is 5.75 Å². The number of nitrogen functional groups attached to an aromatic ring is 1. The lowest BCUT2D eigenvalue weighted by atomic mass is 10.1. The van der Waals surface area contributed by atoms with Crippen LogP contribution in [0.4, 0.5) is 20.3 Å². The molecule has 130 valence electrons. The van der Waals surface area contributed by atoms with Crippen LogP contribution in [0, 0.1) is 6.92 Å². The predicted octanol–water partition coefficient (Wildman–Crippen LogP) is 4.29. The second-order valence-corrected chi connectivity index (χ2v) is 5.64. The van der Waals surface area contributed by atoms with Crippen molar-refractivity contribution < 1.29 is 14.9 Å². The first-order valence-corrected chi connectivity index (χ1v) is 7.68. The molecule has 0 aliphatic heterocycles. The maximum Gasteiger partial charge on any atom is 0.387 e. The van der Waals surface area contributed by atoms with Crippen molar-refractivity contribution in [2.24, 2.45) is 0 Å². The third-order valence-corrected chi connectivity index (χ3v) is 3.68. The van der Waals surface area contributed by atoms with Gasteiger partial charge in [-0.15, -0.1) is 0 Å². The summed E-state index contributed by atoms with van der Waals surface area (Å²) in [7, 11) is 0. The monoisotopic (exact) mass is 345 g/mol. The molecule has 25 heavy (non-hydrogen) atoms. The molecule has 0 aliphatic rings. The molecule has 3 aromatic rings. The van der Waals surface area contributed by atoms with Crippen LogP contribution in [0.1, 0.15) is 25.7 Å². The average Bonchev–Trinajstić information content (AvgIpc) is 2.54. The number of hydrogen-bond donors (Lipinski definition) is 2. The largest absolute Gasteiger partial charge is 0.435 e. The Labute approximate surface area is 145 Å². The van der Waals surface area contributed by atoms with Gasteiger partial charge in [-0.2, -0.15) is 8.78 Å². The Morgan fingerprint density at radius 2 is 2.04 bits per heavy atom. The van der Waals surface area contributed by atoms with E-state index < -0.39 is 6.61 Å². The van der Waals surface area contributed by atoms with Crippen LogP contribution in [0.2, 0.25) is 0 Å². The Bertz CT molecular complexity index is 952. The molecule has 1 atom stereocenters. The number of nitrogens with two attached hydrogens (primary N) is 1. The zero-order valence-electron chi connectivity index (χ0n) is 14.8. The molecule has 1 unspecified atom stereocenters. The minimum Gasteiger partial charge on any atom is -0.435 e. The molecule has 3 N–H and O–H groups in total. The van der Waals surface area contributed by atoms with Gasteiger partial charge in [-0.25, -0.2) is 9.97 Å². The maximum atomic E-state index is 12.5. The van der Waals surface area contributed by atoms with E-state index in [4.69, 9.17) is 7.10 Å². The number of nitrogens with one attached hydrogen (secondary N) is 1. The van der Waals surface area contributed by atoms with Crippen molar-refractivity contribution in [1.82, 2.24) is 9.97 Å². The number of alkyl halides is 2. The van der Waals surface area contributed by atoms with E-state index in [1.807, 2.05) is 6.92 Å². The van der Waals surface area contributed by atoms with Crippen LogP contribution in [0.15, 0.2) is 42.4 Å². The van der Waals surface area contributed by atoms with Crippen molar-refractivity contribution in [2.45, 2.75) is 26.5 Å². The number of aromatic nitrogens is 2. The summed E-state index contributed by atoms with van der Waals surface area (Å²) in [4.78, 5) is 8.77. The summed E-state index contributed by atoms with van der Waals surface area (Å²) in [6, 6.07) is 9.69. The Morgan fingerprint density at radius 1 is 1.24 bits per heavy atom. The molecule has 1 heterocycles. The number of anilines is 2. The number of aryl methyl sites for hydroxylation is 1. The average molecular weight is 345 g/mol. The van der Waals surface area contributed by atoms with Gasteiger partial charge >= 0.3 is 6.61 Å². The summed E-state index contributed by atoms with van der Waals surface area (Å²) >= 11 is 0. The molecule has 7 heteroatoms. The van der Waals surface area contributed by atoms with Crippen LogP contribution in [0.25, 0.3) is 10.9 Å². The van der Waals surface area contributed by atoms with E-state index in [2.05, 4.69) is 20.0 Å². The molecule has 0 spiro atoms. The smallest absolute Gasteiger partial charge is 0.387 e. The molecule has 0 fully saturated rings. The van der Waals surface area contributed by atoms with E-state index in [-0.39, 0.29) is 11.8 Å². The van der Waals surface area contributed by atoms with Gasteiger partial charge in [0.15, 0.2) is 0 Å². The van der Waals surface area contributed by atoms with Crippen molar-refractivity contribution >= 4 is 22.4 Å². The van der Waals surface area contributed by atoms with E-state index in [9.17, 15) is 8.78 Å². The summed E-state index contributed by atoms with van der Waals surface area (Å²) in [5.41, 5.74) is 7.51. The Morgan fingerprint density at radius 3 is 2.80 bits per heavy atom. The van der Waals surface area contributed by atoms with Gasteiger partial charge in [0.05, 0.1) is 12.9 Å². The van der Waals surface area contributed by atoms with Crippen molar-refractivity contribution in [2.75, 3.05) is 11.1 Å². The summed E-state index contributed by atoms with van der Waals surface area (Å²) in [5.74, 6) is 1.15. The lowest BCUT2D eigenvalue weighted by Gasteiger charge is -2.18. The summed E-state index contributed by atoms with van der Waals surface area (Å²) < 4.78 is 37.2. The molecule has 5 nitrogen and oxygen atoms in total. The molecule has 0 aliphatic carbocycles. The first kappa shape index (κ1) is 15.6. The van der Waals surface area contributed by atoms with Gasteiger partial charge in [-0.1, -0.05) is 12.1 Å². The molecule has 3 rings (SSSR count). The van der Waals surface area contributed by atoms with Crippen LogP contribution in [0.5, 0.6) is 5.75 Å². The fourth-order valence-corrected chi connectivity index (χ4v) is 2.60. The van der Waals surface area contributed by atoms with Crippen LogP contribution in [0.3, 0.4) is 0 Å². The third-order valence-electron chi connectivity index (χ3n) is 3.68. The zero-order chi connectivity index (χ0) is 18.8. The highest BCUT2D eigenvalue weighted by atomic mass is 19.3. The standard InChI is InChI=1S/C18H18F2N4O/c1-10(12-7-13(21)9-14(8-12)25-18(19)20)22-17-15-5-3-4-6-16(15)23-11(2)24-17/h3-10,18H,21H2,1-2H3,(H,22,23,24)/i3D. The number of rotatable bonds is 5. The summed E-state index contributed by atoms with van der Waals surface area (Å²) in [6.45, 7) is 0.713. The second kappa shape index (κ2) is 6.88. The summed E-state index contributed by atoms with van der Waals surface area (Å²) in [6.07, 6.45) is 0. The third kappa shape index (κ3) is 3.93. The van der Waals surface area contributed by atoms with Crippen LogP contribution < -0.4 is 15.8 Å². The number of nitrogens with zero attached hydrogens (tertiary/aromatic N) is 2. The van der Waals surface area contributed by atoms with E-state index in [0.717, 1.165) is 5.52 Å². The number of benzene rings is 2. The minimum absolute atomic E-state index is 0.000760. The maximum absolute atomic E-state index is 12.5. The lowest BCUT2D eigenvalue weighted by molar-refractivity contribution is -0.0498. The zero-order valence-corrected chi connectivity index (χ0v) is 13.8. The second-order valence-electron chi connectivity index (χ2n) is 5.64. The number of halogens is 2. The van der Waals surface area contributed by atoms with Crippen LogP contribution in [-0.4, -0.2) is 16.6 Å².